The van der Waals surface area contributed by atoms with E-state index in [0.717, 1.165) is 49.4 Å². The predicted octanol–water partition coefficient (Wildman–Crippen LogP) is 4.73. The molecular formula is C36H38Cl2N10O3. The highest BCUT2D eigenvalue weighted by Crippen LogP contribution is 2.40. The van der Waals surface area contributed by atoms with Crippen molar-refractivity contribution in [1.82, 2.24) is 44.8 Å². The van der Waals surface area contributed by atoms with Crippen molar-refractivity contribution in [3.63, 3.8) is 0 Å². The summed E-state index contributed by atoms with van der Waals surface area (Å²) in [6.07, 6.45) is 7.56. The molecular weight excluding hydrogens is 691 g/mol. The van der Waals surface area contributed by atoms with Gasteiger partial charge in [0, 0.05) is 99.6 Å². The van der Waals surface area contributed by atoms with Crippen LogP contribution in [-0.2, 0) is 37.9 Å². The molecule has 13 nitrogen and oxygen atoms in total. The van der Waals surface area contributed by atoms with E-state index in [-0.39, 0.29) is 17.9 Å². The number of benzene rings is 1. The van der Waals surface area contributed by atoms with Crippen LogP contribution < -0.4 is 20.7 Å². The summed E-state index contributed by atoms with van der Waals surface area (Å²) in [5.74, 6) is 0.508. The van der Waals surface area contributed by atoms with E-state index in [1.54, 1.807) is 37.7 Å². The molecule has 1 atom stereocenters. The second-order valence-corrected chi connectivity index (χ2v) is 13.4. The summed E-state index contributed by atoms with van der Waals surface area (Å²) < 4.78 is 9.40. The van der Waals surface area contributed by atoms with Crippen molar-refractivity contribution in [3.8, 4) is 28.4 Å². The number of aromatic nitrogens is 6. The molecule has 7 rings (SSSR count). The van der Waals surface area contributed by atoms with Gasteiger partial charge in [-0.3, -0.25) is 24.2 Å². The number of imidazole rings is 1. The number of nitrogens with one attached hydrogen (secondary N) is 3. The Kier molecular flexibility index (Phi) is 10.3. The molecule has 1 fully saturated rings. The van der Waals surface area contributed by atoms with Crippen molar-refractivity contribution in [2.24, 2.45) is 7.05 Å². The van der Waals surface area contributed by atoms with E-state index in [9.17, 15) is 9.59 Å². The summed E-state index contributed by atoms with van der Waals surface area (Å²) >= 11 is 13.9. The number of pyridine rings is 2. The number of fused-ring (bicyclic) bond motifs is 1. The number of hydrogen-bond donors (Lipinski definition) is 3. The van der Waals surface area contributed by atoms with Crippen molar-refractivity contribution in [2.45, 2.75) is 44.9 Å². The van der Waals surface area contributed by atoms with Crippen LogP contribution in [-0.4, -0.2) is 78.8 Å². The molecule has 5 aromatic rings. The molecule has 264 valence electrons. The van der Waals surface area contributed by atoms with Crippen LogP contribution in [0.3, 0.4) is 0 Å². The van der Waals surface area contributed by atoms with Crippen molar-refractivity contribution in [2.75, 3.05) is 32.1 Å². The Morgan fingerprint density at radius 2 is 1.92 bits per heavy atom. The van der Waals surface area contributed by atoms with E-state index >= 15 is 0 Å². The number of hydrogen-bond acceptors (Lipinski definition) is 9. The predicted molar refractivity (Wildman–Crippen MR) is 195 cm³/mol. The average Bonchev–Trinajstić information content (AvgIpc) is 3.89. The van der Waals surface area contributed by atoms with Crippen LogP contribution in [0.5, 0.6) is 5.88 Å². The smallest absolute Gasteiger partial charge is 0.291 e. The topological polar surface area (TPSA) is 144 Å². The van der Waals surface area contributed by atoms with Gasteiger partial charge in [-0.2, -0.15) is 5.10 Å². The minimum atomic E-state index is -0.360. The SMILES string of the molecule is COc1nc(-c2ccnc(-c3cccc(NC(=O)c4nc5c(n4C)CCN(CCn4cccn4)C5)c3Cl)c2Cl)ccc1CNC[C@H]1CCC(=O)N1. The number of rotatable bonds is 12. The zero-order chi connectivity index (χ0) is 35.5. The molecule has 0 saturated carbocycles. The van der Waals surface area contributed by atoms with Crippen LogP contribution in [0.2, 0.25) is 10.0 Å². The minimum absolute atomic E-state index is 0.0879. The summed E-state index contributed by atoms with van der Waals surface area (Å²) in [6, 6.07) is 13.0. The molecule has 6 heterocycles. The molecule has 2 amide bonds. The number of amides is 2. The largest absolute Gasteiger partial charge is 0.481 e. The Hall–Kier alpha value is -4.82. The van der Waals surface area contributed by atoms with Gasteiger partial charge < -0.3 is 25.3 Å². The quantitative estimate of drug-likeness (QED) is 0.166. The molecule has 0 aliphatic carbocycles. The van der Waals surface area contributed by atoms with E-state index in [1.165, 1.54) is 0 Å². The third-order valence-electron chi connectivity index (χ3n) is 9.33. The highest BCUT2D eigenvalue weighted by atomic mass is 35.5. The Morgan fingerprint density at radius 3 is 2.71 bits per heavy atom. The van der Waals surface area contributed by atoms with Crippen molar-refractivity contribution >= 4 is 40.7 Å². The Balaban J connectivity index is 1.06. The maximum atomic E-state index is 13.6. The van der Waals surface area contributed by atoms with Crippen molar-refractivity contribution in [3.05, 3.63) is 93.9 Å². The lowest BCUT2D eigenvalue weighted by Gasteiger charge is -2.26. The molecule has 0 bridgehead atoms. The molecule has 2 aliphatic heterocycles. The maximum Gasteiger partial charge on any atom is 0.291 e. The number of methoxy groups -OCH3 is 1. The zero-order valence-electron chi connectivity index (χ0n) is 28.3. The fraction of sp³-hybridized carbons (Fsp3) is 0.333. The first-order chi connectivity index (χ1) is 24.8. The first-order valence-electron chi connectivity index (χ1n) is 16.8. The third kappa shape index (κ3) is 7.47. The highest BCUT2D eigenvalue weighted by Gasteiger charge is 2.26. The summed E-state index contributed by atoms with van der Waals surface area (Å²) in [6.45, 7) is 4.36. The third-order valence-corrected chi connectivity index (χ3v) is 10.1. The normalized spacial score (nSPS) is 15.8. The summed E-state index contributed by atoms with van der Waals surface area (Å²) in [7, 11) is 3.45. The van der Waals surface area contributed by atoms with Crippen LogP contribution >= 0.6 is 23.2 Å². The van der Waals surface area contributed by atoms with Gasteiger partial charge in [-0.1, -0.05) is 41.4 Å². The highest BCUT2D eigenvalue weighted by molar-refractivity contribution is 6.39. The number of halogens is 2. The van der Waals surface area contributed by atoms with E-state index in [1.807, 2.05) is 46.8 Å². The van der Waals surface area contributed by atoms with Crippen molar-refractivity contribution < 1.29 is 14.3 Å². The average molecular weight is 730 g/mol. The monoisotopic (exact) mass is 728 g/mol. The van der Waals surface area contributed by atoms with E-state index in [2.05, 4.69) is 30.9 Å². The van der Waals surface area contributed by atoms with Gasteiger partial charge in [-0.25, -0.2) is 9.97 Å². The molecule has 0 unspecified atom stereocenters. The van der Waals surface area contributed by atoms with E-state index in [0.29, 0.717) is 76.0 Å². The number of carbonyl (C=O) groups excluding carboxylic acids is 2. The fourth-order valence-electron chi connectivity index (χ4n) is 6.61. The first kappa shape index (κ1) is 34.6. The molecule has 2 aliphatic rings. The lowest BCUT2D eigenvalue weighted by atomic mass is 10.1. The van der Waals surface area contributed by atoms with Crippen LogP contribution in [0.25, 0.3) is 22.5 Å². The summed E-state index contributed by atoms with van der Waals surface area (Å²) in [4.78, 5) is 41.5. The van der Waals surface area contributed by atoms with Crippen LogP contribution in [0.15, 0.2) is 61.1 Å². The van der Waals surface area contributed by atoms with Gasteiger partial charge in [0.2, 0.25) is 11.8 Å². The summed E-state index contributed by atoms with van der Waals surface area (Å²) in [5.41, 5.74) is 5.50. The molecule has 1 saturated heterocycles. The Morgan fingerprint density at radius 1 is 1.04 bits per heavy atom. The molecule has 51 heavy (non-hydrogen) atoms. The Labute approximate surface area is 305 Å². The number of anilines is 1. The number of carbonyl (C=O) groups is 2. The maximum absolute atomic E-state index is 13.6. The zero-order valence-corrected chi connectivity index (χ0v) is 29.8. The van der Waals surface area contributed by atoms with E-state index in [4.69, 9.17) is 37.9 Å². The molecule has 1 aromatic carbocycles. The van der Waals surface area contributed by atoms with Gasteiger partial charge >= 0.3 is 0 Å². The molecule has 3 N–H and O–H groups in total. The molecule has 15 heteroatoms. The minimum Gasteiger partial charge on any atom is -0.481 e. The Bertz CT molecular complexity index is 2070. The summed E-state index contributed by atoms with van der Waals surface area (Å²) in [5, 5.41) is 14.2. The van der Waals surface area contributed by atoms with Gasteiger partial charge in [0.25, 0.3) is 5.91 Å². The first-order valence-corrected chi connectivity index (χ1v) is 17.6. The van der Waals surface area contributed by atoms with Gasteiger partial charge in [0.1, 0.15) is 0 Å². The van der Waals surface area contributed by atoms with Gasteiger partial charge in [-0.15, -0.1) is 0 Å². The second-order valence-electron chi connectivity index (χ2n) is 12.6. The lowest BCUT2D eigenvalue weighted by Crippen LogP contribution is -2.35. The molecule has 0 radical (unpaired) electrons. The standard InChI is InChI=1S/C36H38Cl2N10O3/c1-46-29-12-16-47(17-18-48-15-4-13-41-48)21-28(29)43-34(46)35(50)44-27-6-3-5-25(31(27)37)33-32(38)24(11-14-40-33)26-9-7-22(36(45-26)51-2)19-39-20-23-8-10-30(49)42-23/h3-7,9,11,13-15,23,39H,8,10,12,16-21H2,1-2H3,(H,42,49)(H,44,50)/t23-/m1/s1. The van der Waals surface area contributed by atoms with Gasteiger partial charge in [0.05, 0.1) is 46.5 Å². The van der Waals surface area contributed by atoms with Crippen LogP contribution in [0.1, 0.15) is 40.4 Å². The fourth-order valence-corrected chi connectivity index (χ4v) is 7.19. The van der Waals surface area contributed by atoms with Crippen LogP contribution in [0.4, 0.5) is 5.69 Å². The van der Waals surface area contributed by atoms with Crippen LogP contribution in [0, 0.1) is 0 Å². The van der Waals surface area contributed by atoms with Gasteiger partial charge in [0.15, 0.2) is 5.82 Å². The van der Waals surface area contributed by atoms with E-state index < -0.39 is 0 Å². The number of ether oxygens (including phenoxy) is 1. The molecule has 4 aromatic heterocycles. The molecule has 0 spiro atoms. The van der Waals surface area contributed by atoms with Crippen molar-refractivity contribution in [1.29, 1.82) is 0 Å². The van der Waals surface area contributed by atoms with Gasteiger partial charge in [-0.05, 0) is 30.7 Å². The lowest BCUT2D eigenvalue weighted by molar-refractivity contribution is -0.119. The second kappa shape index (κ2) is 15.2. The number of nitrogens with zero attached hydrogens (tertiary/aromatic N) is 7.